The van der Waals surface area contributed by atoms with Crippen molar-refractivity contribution in [3.8, 4) is 0 Å². The van der Waals surface area contributed by atoms with Crippen LogP contribution in [-0.4, -0.2) is 16.2 Å². The maximum Gasteiger partial charge on any atom is 0.518 e. The topological polar surface area (TPSA) is 59.4 Å². The number of aromatic nitrogens is 1. The molecule has 0 spiro atoms. The Balaban J connectivity index is 2.38. The van der Waals surface area contributed by atoms with E-state index in [2.05, 4.69) is 9.17 Å². The predicted octanol–water partition coefficient (Wildman–Crippen LogP) is 2.94. The van der Waals surface area contributed by atoms with Crippen LogP contribution in [0.25, 0.3) is 10.9 Å². The third-order valence-corrected chi connectivity index (χ3v) is 2.57. The summed E-state index contributed by atoms with van der Waals surface area (Å²) in [6.07, 6.45) is 0.385. The molecular weight excluding hydrogens is 214 g/mol. The average molecular weight is 221 g/mol. The molecule has 76 valence electrons. The zero-order valence-electron chi connectivity index (χ0n) is 7.58. The molecule has 0 radical (unpaired) electrons. The van der Waals surface area contributed by atoms with Crippen LogP contribution in [0, 0.1) is 0 Å². The molecule has 5 heteroatoms. The number of fused-ring (bicyclic) bond motifs is 1. The highest BCUT2D eigenvalue weighted by atomic mass is 32.2. The van der Waals surface area contributed by atoms with Gasteiger partial charge in [0, 0.05) is 11.6 Å². The van der Waals surface area contributed by atoms with Crippen molar-refractivity contribution < 1.29 is 14.1 Å². The number of pyridine rings is 1. The van der Waals surface area contributed by atoms with Gasteiger partial charge in [-0.3, -0.25) is 4.98 Å². The SMILES string of the molecule is O=C(O)OSc1cccc2ncccc12. The van der Waals surface area contributed by atoms with E-state index in [0.717, 1.165) is 27.8 Å². The molecular formula is C10H7NO3S. The van der Waals surface area contributed by atoms with Crippen molar-refractivity contribution in [3.63, 3.8) is 0 Å². The molecule has 0 amide bonds. The third-order valence-electron chi connectivity index (χ3n) is 1.81. The maximum atomic E-state index is 10.3. The summed E-state index contributed by atoms with van der Waals surface area (Å²) < 4.78 is 4.44. The third kappa shape index (κ3) is 2.19. The Bertz CT molecular complexity index is 495. The quantitative estimate of drug-likeness (QED) is 0.790. The lowest BCUT2D eigenvalue weighted by atomic mass is 10.2. The van der Waals surface area contributed by atoms with Gasteiger partial charge < -0.3 is 9.29 Å². The van der Waals surface area contributed by atoms with Gasteiger partial charge in [0.15, 0.2) is 0 Å². The molecule has 0 atom stereocenters. The van der Waals surface area contributed by atoms with Crippen LogP contribution in [0.1, 0.15) is 0 Å². The highest BCUT2D eigenvalue weighted by Crippen LogP contribution is 2.27. The fraction of sp³-hybridized carbons (Fsp3) is 0. The molecule has 1 aromatic heterocycles. The lowest BCUT2D eigenvalue weighted by Gasteiger charge is -2.02. The Labute approximate surface area is 90.1 Å². The Morgan fingerprint density at radius 1 is 1.33 bits per heavy atom. The van der Waals surface area contributed by atoms with Crippen molar-refractivity contribution in [3.05, 3.63) is 36.5 Å². The van der Waals surface area contributed by atoms with Gasteiger partial charge in [-0.2, -0.15) is 0 Å². The van der Waals surface area contributed by atoms with Crippen LogP contribution in [0.3, 0.4) is 0 Å². The normalized spacial score (nSPS) is 10.1. The first kappa shape index (κ1) is 9.79. The molecule has 1 N–H and O–H groups in total. The number of nitrogens with zero attached hydrogens (tertiary/aromatic N) is 1. The van der Waals surface area contributed by atoms with Crippen molar-refractivity contribution in [2.24, 2.45) is 0 Å². The number of carboxylic acid groups (broad SMARTS) is 1. The van der Waals surface area contributed by atoms with Crippen LogP contribution in [0.2, 0.25) is 0 Å². The van der Waals surface area contributed by atoms with Crippen molar-refractivity contribution in [1.82, 2.24) is 4.98 Å². The van der Waals surface area contributed by atoms with Crippen LogP contribution in [0.15, 0.2) is 41.4 Å². The van der Waals surface area contributed by atoms with E-state index in [1.807, 2.05) is 18.2 Å². The van der Waals surface area contributed by atoms with Crippen LogP contribution >= 0.6 is 12.0 Å². The zero-order chi connectivity index (χ0) is 10.7. The summed E-state index contributed by atoms with van der Waals surface area (Å²) >= 11 is 0.818. The van der Waals surface area contributed by atoms with E-state index in [-0.39, 0.29) is 0 Å². The highest BCUT2D eigenvalue weighted by molar-refractivity contribution is 7.95. The maximum absolute atomic E-state index is 10.3. The van der Waals surface area contributed by atoms with E-state index in [0.29, 0.717) is 0 Å². The van der Waals surface area contributed by atoms with Gasteiger partial charge in [-0.05, 0) is 18.2 Å². The summed E-state index contributed by atoms with van der Waals surface area (Å²) in [5, 5.41) is 9.27. The van der Waals surface area contributed by atoms with Gasteiger partial charge in [0.25, 0.3) is 0 Å². The van der Waals surface area contributed by atoms with Crippen LogP contribution in [-0.2, 0) is 4.18 Å². The van der Waals surface area contributed by atoms with Gasteiger partial charge >= 0.3 is 6.16 Å². The molecule has 0 aliphatic rings. The Kier molecular flexibility index (Phi) is 2.73. The average Bonchev–Trinajstić information content (AvgIpc) is 2.26. The van der Waals surface area contributed by atoms with Gasteiger partial charge in [0.2, 0.25) is 0 Å². The Morgan fingerprint density at radius 3 is 3.00 bits per heavy atom. The first-order chi connectivity index (χ1) is 7.27. The number of carbonyl (C=O) groups is 1. The highest BCUT2D eigenvalue weighted by Gasteiger charge is 2.05. The minimum atomic E-state index is -1.30. The van der Waals surface area contributed by atoms with Crippen LogP contribution in [0.5, 0.6) is 0 Å². The second-order valence-corrected chi connectivity index (χ2v) is 3.53. The number of hydrogen-bond donors (Lipinski definition) is 1. The van der Waals surface area contributed by atoms with Crippen LogP contribution in [0.4, 0.5) is 4.79 Å². The molecule has 1 aromatic carbocycles. The molecule has 0 aliphatic carbocycles. The summed E-state index contributed by atoms with van der Waals surface area (Å²) in [4.78, 5) is 15.1. The summed E-state index contributed by atoms with van der Waals surface area (Å²) in [6, 6.07) is 9.13. The second kappa shape index (κ2) is 4.18. The first-order valence-electron chi connectivity index (χ1n) is 4.18. The summed E-state index contributed by atoms with van der Waals surface area (Å²) in [7, 11) is 0. The number of benzene rings is 1. The minimum Gasteiger partial charge on any atom is -0.449 e. The van der Waals surface area contributed by atoms with E-state index in [9.17, 15) is 4.79 Å². The fourth-order valence-corrected chi connectivity index (χ4v) is 1.79. The zero-order valence-corrected chi connectivity index (χ0v) is 8.40. The Morgan fingerprint density at radius 2 is 2.20 bits per heavy atom. The van der Waals surface area contributed by atoms with Crippen molar-refractivity contribution in [2.75, 3.05) is 0 Å². The molecule has 2 aromatic rings. The van der Waals surface area contributed by atoms with Crippen molar-refractivity contribution in [2.45, 2.75) is 4.90 Å². The van der Waals surface area contributed by atoms with E-state index < -0.39 is 6.16 Å². The smallest absolute Gasteiger partial charge is 0.449 e. The molecule has 0 fully saturated rings. The van der Waals surface area contributed by atoms with E-state index in [1.165, 1.54) is 0 Å². The molecule has 0 unspecified atom stereocenters. The largest absolute Gasteiger partial charge is 0.518 e. The van der Waals surface area contributed by atoms with Gasteiger partial charge in [0.05, 0.1) is 10.4 Å². The molecule has 2 rings (SSSR count). The molecule has 15 heavy (non-hydrogen) atoms. The van der Waals surface area contributed by atoms with Crippen molar-refractivity contribution >= 4 is 29.1 Å². The predicted molar refractivity (Wildman–Crippen MR) is 56.7 cm³/mol. The Hall–Kier alpha value is -1.75. The lowest BCUT2D eigenvalue weighted by Crippen LogP contribution is -1.91. The van der Waals surface area contributed by atoms with E-state index >= 15 is 0 Å². The lowest BCUT2D eigenvalue weighted by molar-refractivity contribution is 0.153. The van der Waals surface area contributed by atoms with Gasteiger partial charge in [0.1, 0.15) is 12.0 Å². The molecule has 0 saturated carbocycles. The molecule has 0 aliphatic heterocycles. The number of hydrogen-bond acceptors (Lipinski definition) is 4. The minimum absolute atomic E-state index is 0.739. The summed E-state index contributed by atoms with van der Waals surface area (Å²) in [6.45, 7) is 0. The molecule has 0 saturated heterocycles. The van der Waals surface area contributed by atoms with Crippen LogP contribution < -0.4 is 0 Å². The molecule has 1 heterocycles. The monoisotopic (exact) mass is 221 g/mol. The molecule has 4 nitrogen and oxygen atoms in total. The van der Waals surface area contributed by atoms with E-state index in [1.54, 1.807) is 18.3 Å². The first-order valence-corrected chi connectivity index (χ1v) is 4.93. The number of rotatable bonds is 2. The van der Waals surface area contributed by atoms with Crippen molar-refractivity contribution in [1.29, 1.82) is 0 Å². The summed E-state index contributed by atoms with van der Waals surface area (Å²) in [5.74, 6) is 0. The standard InChI is InChI=1S/C10H7NO3S/c12-10(13)14-15-9-5-1-4-8-7(9)3-2-6-11-8/h1-6H,(H,12,13). The second-order valence-electron chi connectivity index (χ2n) is 2.76. The molecule has 0 bridgehead atoms. The fourth-order valence-electron chi connectivity index (χ4n) is 1.23. The van der Waals surface area contributed by atoms with Gasteiger partial charge in [-0.1, -0.05) is 12.1 Å². The summed E-state index contributed by atoms with van der Waals surface area (Å²) in [5.41, 5.74) is 0.816. The van der Waals surface area contributed by atoms with E-state index in [4.69, 9.17) is 5.11 Å². The van der Waals surface area contributed by atoms with Gasteiger partial charge in [-0.25, -0.2) is 4.79 Å². The van der Waals surface area contributed by atoms with Gasteiger partial charge in [-0.15, -0.1) is 0 Å².